The molecule has 0 amide bonds. The van der Waals surface area contributed by atoms with E-state index in [1.165, 1.54) is 37.0 Å². The molecule has 0 unspecified atom stereocenters. The van der Waals surface area contributed by atoms with Gasteiger partial charge in [0.1, 0.15) is 0 Å². The van der Waals surface area contributed by atoms with Crippen LogP contribution in [0, 0.1) is 24.7 Å². The van der Waals surface area contributed by atoms with Crippen molar-refractivity contribution >= 4 is 15.8 Å². The Kier molecular flexibility index (Phi) is 58.9. The Morgan fingerprint density at radius 1 is 0.571 bits per heavy atom. The van der Waals surface area contributed by atoms with E-state index in [9.17, 15) is 0 Å². The van der Waals surface area contributed by atoms with Crippen LogP contribution in [-0.4, -0.2) is 37.0 Å². The van der Waals surface area contributed by atoms with Crippen molar-refractivity contribution in [1.82, 2.24) is 0 Å². The van der Waals surface area contributed by atoms with E-state index in [1.807, 2.05) is 11.8 Å². The van der Waals surface area contributed by atoms with Gasteiger partial charge in [-0.2, -0.15) is 0 Å². The Hall–Kier alpha value is 0.642. The van der Waals surface area contributed by atoms with Crippen LogP contribution in [-0.2, 0) is 20.4 Å². The van der Waals surface area contributed by atoms with Crippen molar-refractivity contribution in [1.29, 1.82) is 0 Å². The van der Waals surface area contributed by atoms with E-state index in [1.54, 1.807) is 13.8 Å². The molecule has 21 heavy (non-hydrogen) atoms. The Balaban J connectivity index is -0.0000000576. The standard InChI is InChI=1S/2C6H15P.2C3H3.Pd/c2*1-4-7(5-2)6-3;2*1-3-2;/h2*4-6H2,1-3H3;2*1H3;/q;;2*-1;+2/p+2. The van der Waals surface area contributed by atoms with E-state index in [0.717, 1.165) is 0 Å². The van der Waals surface area contributed by atoms with Gasteiger partial charge in [0.15, 0.2) is 0 Å². The molecule has 0 aromatic carbocycles. The van der Waals surface area contributed by atoms with Crippen LogP contribution in [0.5, 0.6) is 0 Å². The van der Waals surface area contributed by atoms with E-state index >= 15 is 0 Å². The first-order valence-corrected chi connectivity index (χ1v) is 12.1. The minimum Gasteiger partial charge on any atom is -0.694 e. The molecule has 0 aliphatic rings. The second-order valence-electron chi connectivity index (χ2n) is 4.12. The zero-order valence-electron chi connectivity index (χ0n) is 15.6. The summed E-state index contributed by atoms with van der Waals surface area (Å²) in [5.74, 6) is 4.00. The molecule has 0 radical (unpaired) electrons. The maximum atomic E-state index is 5.96. The maximum Gasteiger partial charge on any atom is 2.00 e. The molecule has 128 valence electrons. The topological polar surface area (TPSA) is 0 Å². The van der Waals surface area contributed by atoms with E-state index in [4.69, 9.17) is 12.8 Å². The van der Waals surface area contributed by atoms with Crippen molar-refractivity contribution in [2.75, 3.05) is 37.0 Å². The Morgan fingerprint density at radius 3 is 0.667 bits per heavy atom. The predicted molar refractivity (Wildman–Crippen MR) is 105 cm³/mol. The summed E-state index contributed by atoms with van der Waals surface area (Å²) >= 11 is 0. The van der Waals surface area contributed by atoms with Crippen LogP contribution in [0.3, 0.4) is 0 Å². The van der Waals surface area contributed by atoms with Gasteiger partial charge in [-0.05, 0) is 71.2 Å². The van der Waals surface area contributed by atoms with Crippen molar-refractivity contribution < 1.29 is 20.4 Å². The average Bonchev–Trinajstić information content (AvgIpc) is 2.45. The molecule has 0 nitrogen and oxygen atoms in total. The molecule has 0 aliphatic heterocycles. The fourth-order valence-electron chi connectivity index (χ4n) is 1.50. The Labute approximate surface area is 153 Å². The molecule has 0 saturated heterocycles. The second kappa shape index (κ2) is 37.1. The molecule has 0 heterocycles. The molecular weight excluding hydrogens is 385 g/mol. The van der Waals surface area contributed by atoms with Gasteiger partial charge in [0, 0.05) is 0 Å². The molecule has 0 atom stereocenters. The Morgan fingerprint density at radius 2 is 0.667 bits per heavy atom. The van der Waals surface area contributed by atoms with Crippen molar-refractivity contribution in [3.05, 3.63) is 12.8 Å². The van der Waals surface area contributed by atoms with Crippen molar-refractivity contribution in [2.24, 2.45) is 0 Å². The molecule has 0 spiro atoms. The molecule has 0 bridgehead atoms. The minimum absolute atomic E-state index is 0. The van der Waals surface area contributed by atoms with E-state index in [-0.39, 0.29) is 36.3 Å². The molecule has 0 rings (SSSR count). The SMILES string of the molecule is CC[PH+](CC)CC.CC[PH+](CC)CC.[C-]#CC.[C-]#CC.[Pd+2]. The molecule has 0 fully saturated rings. The number of hydrogen-bond acceptors (Lipinski definition) is 0. The smallest absolute Gasteiger partial charge is 0.694 e. The second-order valence-corrected chi connectivity index (χ2v) is 11.4. The van der Waals surface area contributed by atoms with Crippen LogP contribution in [0.1, 0.15) is 55.4 Å². The first kappa shape index (κ1) is 33.3. The zero-order chi connectivity index (χ0) is 16.8. The van der Waals surface area contributed by atoms with Gasteiger partial charge in [0.25, 0.3) is 0 Å². The molecule has 3 heteroatoms. The monoisotopic (exact) mass is 422 g/mol. The van der Waals surface area contributed by atoms with Crippen LogP contribution in [0.15, 0.2) is 0 Å². The number of rotatable bonds is 6. The van der Waals surface area contributed by atoms with Gasteiger partial charge in [-0.15, -0.1) is 0 Å². The van der Waals surface area contributed by atoms with Gasteiger partial charge in [0.2, 0.25) is 0 Å². The third-order valence-electron chi connectivity index (χ3n) is 3.00. The normalized spacial score (nSPS) is 7.62. The van der Waals surface area contributed by atoms with Crippen LogP contribution in [0.2, 0.25) is 0 Å². The third-order valence-corrected chi connectivity index (χ3v) is 9.00. The van der Waals surface area contributed by atoms with Gasteiger partial charge >= 0.3 is 20.4 Å². The first-order chi connectivity index (χ1) is 9.52. The quantitative estimate of drug-likeness (QED) is 0.222. The maximum absolute atomic E-state index is 5.96. The minimum atomic E-state index is 0. The van der Waals surface area contributed by atoms with Crippen molar-refractivity contribution in [2.45, 2.75) is 55.4 Å². The molecule has 0 aromatic heterocycles. The summed E-state index contributed by atoms with van der Waals surface area (Å²) in [5, 5.41) is 0. The summed E-state index contributed by atoms with van der Waals surface area (Å²) in [6.07, 6.45) is 20.7. The first-order valence-electron chi connectivity index (χ1n) is 7.86. The largest absolute Gasteiger partial charge is 2.00 e. The summed E-state index contributed by atoms with van der Waals surface area (Å²) < 4.78 is 0. The fraction of sp³-hybridized carbons (Fsp3) is 0.778. The summed E-state index contributed by atoms with van der Waals surface area (Å²) in [6.45, 7) is 16.9. The van der Waals surface area contributed by atoms with Gasteiger partial charge in [-0.3, -0.25) is 0 Å². The molecule has 0 N–H and O–H groups in total. The molecular formula is C18H38P2Pd+2. The Bertz CT molecular complexity index is 173. The fourth-order valence-corrected chi connectivity index (χ4v) is 4.50. The van der Waals surface area contributed by atoms with Crippen LogP contribution < -0.4 is 0 Å². The van der Waals surface area contributed by atoms with Crippen molar-refractivity contribution in [3.63, 3.8) is 0 Å². The zero-order valence-corrected chi connectivity index (χ0v) is 19.1. The molecule has 0 saturated carbocycles. The molecule has 0 aliphatic carbocycles. The van der Waals surface area contributed by atoms with Gasteiger partial charge in [-0.25, -0.2) is 0 Å². The summed E-state index contributed by atoms with van der Waals surface area (Å²) in [4.78, 5) is 0. The van der Waals surface area contributed by atoms with Gasteiger partial charge in [0.05, 0.1) is 37.0 Å². The van der Waals surface area contributed by atoms with Gasteiger partial charge in [-0.1, -0.05) is 0 Å². The molecule has 0 aromatic rings. The van der Waals surface area contributed by atoms with Crippen LogP contribution in [0.4, 0.5) is 0 Å². The van der Waals surface area contributed by atoms with E-state index < -0.39 is 0 Å². The number of hydrogen-bond donors (Lipinski definition) is 0. The predicted octanol–water partition coefficient (Wildman–Crippen LogP) is 5.71. The summed E-state index contributed by atoms with van der Waals surface area (Å²) in [6, 6.07) is 0. The van der Waals surface area contributed by atoms with Crippen molar-refractivity contribution in [3.8, 4) is 11.8 Å². The third kappa shape index (κ3) is 44.9. The average molecular weight is 423 g/mol. The van der Waals surface area contributed by atoms with Crippen LogP contribution in [0.25, 0.3) is 0 Å². The van der Waals surface area contributed by atoms with Crippen LogP contribution >= 0.6 is 15.8 Å². The summed E-state index contributed by atoms with van der Waals surface area (Å²) in [7, 11) is 0.275. The van der Waals surface area contributed by atoms with E-state index in [0.29, 0.717) is 0 Å². The van der Waals surface area contributed by atoms with E-state index in [2.05, 4.69) is 41.5 Å². The van der Waals surface area contributed by atoms with Gasteiger partial charge < -0.3 is 24.7 Å². The summed E-state index contributed by atoms with van der Waals surface area (Å²) in [5.41, 5.74) is 0.